The highest BCUT2D eigenvalue weighted by Gasteiger charge is 2.16. The highest BCUT2D eigenvalue weighted by molar-refractivity contribution is 7.80. The summed E-state index contributed by atoms with van der Waals surface area (Å²) in [5.74, 6) is 0. The van der Waals surface area contributed by atoms with Gasteiger partial charge in [-0.3, -0.25) is 0 Å². The zero-order valence-corrected chi connectivity index (χ0v) is 13.1. The second kappa shape index (κ2) is 6.13. The standard InChI is InChI=1S/C15H20N4S/c1-10(2)19(11(3)4)15(20)18-13-5-6-14-12(7-13)8-16-9-17-14/h5-11H,1-4H3,(H,18,20). The zero-order valence-electron chi connectivity index (χ0n) is 12.3. The Labute approximate surface area is 125 Å². The monoisotopic (exact) mass is 288 g/mol. The Hall–Kier alpha value is -1.75. The molecule has 0 amide bonds. The minimum absolute atomic E-state index is 0.360. The number of benzene rings is 1. The lowest BCUT2D eigenvalue weighted by atomic mass is 10.2. The molecular formula is C15H20N4S. The molecule has 20 heavy (non-hydrogen) atoms. The molecule has 5 heteroatoms. The van der Waals surface area contributed by atoms with Crippen LogP contribution in [-0.2, 0) is 0 Å². The van der Waals surface area contributed by atoms with E-state index in [1.165, 1.54) is 0 Å². The molecule has 0 unspecified atom stereocenters. The van der Waals surface area contributed by atoms with Gasteiger partial charge in [0.05, 0.1) is 5.52 Å². The van der Waals surface area contributed by atoms with Crippen LogP contribution >= 0.6 is 12.2 Å². The number of fused-ring (bicyclic) bond motifs is 1. The quantitative estimate of drug-likeness (QED) is 0.876. The number of aromatic nitrogens is 2. The second-order valence-electron chi connectivity index (χ2n) is 5.32. The van der Waals surface area contributed by atoms with Gasteiger partial charge in [-0.25, -0.2) is 9.97 Å². The van der Waals surface area contributed by atoms with Gasteiger partial charge in [-0.1, -0.05) is 0 Å². The fourth-order valence-corrected chi connectivity index (χ4v) is 2.86. The molecule has 0 spiro atoms. The summed E-state index contributed by atoms with van der Waals surface area (Å²) in [6.45, 7) is 8.56. The van der Waals surface area contributed by atoms with Crippen LogP contribution in [0.15, 0.2) is 30.7 Å². The molecule has 4 nitrogen and oxygen atoms in total. The number of anilines is 1. The molecular weight excluding hydrogens is 268 g/mol. The molecule has 2 rings (SSSR count). The van der Waals surface area contributed by atoms with Gasteiger partial charge < -0.3 is 10.2 Å². The first-order valence-electron chi connectivity index (χ1n) is 6.78. The van der Waals surface area contributed by atoms with E-state index in [9.17, 15) is 0 Å². The van der Waals surface area contributed by atoms with Crippen molar-refractivity contribution in [3.05, 3.63) is 30.7 Å². The van der Waals surface area contributed by atoms with Crippen molar-refractivity contribution in [2.75, 3.05) is 5.32 Å². The zero-order chi connectivity index (χ0) is 14.7. The van der Waals surface area contributed by atoms with Gasteiger partial charge in [-0.05, 0) is 58.1 Å². The van der Waals surface area contributed by atoms with Crippen LogP contribution in [0.25, 0.3) is 10.9 Å². The van der Waals surface area contributed by atoms with Gasteiger partial charge in [0, 0.05) is 29.4 Å². The van der Waals surface area contributed by atoms with Crippen LogP contribution in [0.3, 0.4) is 0 Å². The minimum Gasteiger partial charge on any atom is -0.344 e. The molecule has 0 aliphatic heterocycles. The highest BCUT2D eigenvalue weighted by atomic mass is 32.1. The molecule has 0 atom stereocenters. The molecule has 0 aliphatic carbocycles. The normalized spacial score (nSPS) is 11.1. The topological polar surface area (TPSA) is 41.0 Å². The van der Waals surface area contributed by atoms with Gasteiger partial charge in [0.1, 0.15) is 6.33 Å². The van der Waals surface area contributed by atoms with Crippen molar-refractivity contribution >= 4 is 33.9 Å². The van der Waals surface area contributed by atoms with Gasteiger partial charge in [-0.15, -0.1) is 0 Å². The second-order valence-corrected chi connectivity index (χ2v) is 5.71. The molecule has 1 aromatic heterocycles. The van der Waals surface area contributed by atoms with E-state index in [0.717, 1.165) is 21.7 Å². The number of hydrogen-bond donors (Lipinski definition) is 1. The summed E-state index contributed by atoms with van der Waals surface area (Å²) in [5, 5.41) is 5.04. The average molecular weight is 288 g/mol. The summed E-state index contributed by atoms with van der Waals surface area (Å²) in [6.07, 6.45) is 3.36. The van der Waals surface area contributed by atoms with E-state index in [1.54, 1.807) is 12.5 Å². The van der Waals surface area contributed by atoms with Crippen LogP contribution in [0.2, 0.25) is 0 Å². The maximum absolute atomic E-state index is 5.52. The van der Waals surface area contributed by atoms with Crippen molar-refractivity contribution in [2.45, 2.75) is 39.8 Å². The molecule has 2 aromatic rings. The predicted octanol–water partition coefficient (Wildman–Crippen LogP) is 3.45. The summed E-state index contributed by atoms with van der Waals surface area (Å²) in [6, 6.07) is 6.69. The fraction of sp³-hybridized carbons (Fsp3) is 0.400. The largest absolute Gasteiger partial charge is 0.344 e. The summed E-state index contributed by atoms with van der Waals surface area (Å²) in [5.41, 5.74) is 1.89. The minimum atomic E-state index is 0.360. The van der Waals surface area contributed by atoms with Crippen LogP contribution in [0, 0.1) is 0 Å². The molecule has 0 saturated heterocycles. The van der Waals surface area contributed by atoms with E-state index in [-0.39, 0.29) is 0 Å². The van der Waals surface area contributed by atoms with E-state index in [4.69, 9.17) is 12.2 Å². The van der Waals surface area contributed by atoms with E-state index < -0.39 is 0 Å². The highest BCUT2D eigenvalue weighted by Crippen LogP contribution is 2.17. The predicted molar refractivity (Wildman–Crippen MR) is 87.9 cm³/mol. The Morgan fingerprint density at radius 1 is 1.20 bits per heavy atom. The first kappa shape index (κ1) is 14.7. The number of nitrogens with zero attached hydrogens (tertiary/aromatic N) is 3. The van der Waals surface area contributed by atoms with Crippen LogP contribution in [0.4, 0.5) is 5.69 Å². The maximum atomic E-state index is 5.52. The Balaban J connectivity index is 2.20. The third-order valence-electron chi connectivity index (χ3n) is 3.10. The fourth-order valence-electron chi connectivity index (χ4n) is 2.32. The third-order valence-corrected chi connectivity index (χ3v) is 3.42. The van der Waals surface area contributed by atoms with Crippen LogP contribution in [0.5, 0.6) is 0 Å². The molecule has 0 saturated carbocycles. The number of rotatable bonds is 3. The molecule has 0 fully saturated rings. The molecule has 1 heterocycles. The van der Waals surface area contributed by atoms with Gasteiger partial charge in [0.2, 0.25) is 0 Å². The Kier molecular flexibility index (Phi) is 4.49. The molecule has 0 bridgehead atoms. The van der Waals surface area contributed by atoms with Gasteiger partial charge in [-0.2, -0.15) is 0 Å². The molecule has 0 radical (unpaired) electrons. The van der Waals surface area contributed by atoms with Gasteiger partial charge >= 0.3 is 0 Å². The lowest BCUT2D eigenvalue weighted by Crippen LogP contribution is -2.44. The number of nitrogens with one attached hydrogen (secondary N) is 1. The lowest BCUT2D eigenvalue weighted by molar-refractivity contribution is 0.296. The number of hydrogen-bond acceptors (Lipinski definition) is 3. The van der Waals surface area contributed by atoms with Gasteiger partial charge in [0.25, 0.3) is 0 Å². The maximum Gasteiger partial charge on any atom is 0.173 e. The van der Waals surface area contributed by atoms with Gasteiger partial charge in [0.15, 0.2) is 5.11 Å². The molecule has 1 N–H and O–H groups in total. The van der Waals surface area contributed by atoms with E-state index in [1.807, 2.05) is 18.2 Å². The van der Waals surface area contributed by atoms with Crippen molar-refractivity contribution in [3.8, 4) is 0 Å². The lowest BCUT2D eigenvalue weighted by Gasteiger charge is -2.33. The van der Waals surface area contributed by atoms with Crippen LogP contribution in [-0.4, -0.2) is 32.1 Å². The Bertz CT molecular complexity index is 602. The summed E-state index contributed by atoms with van der Waals surface area (Å²) in [4.78, 5) is 10.4. The van der Waals surface area contributed by atoms with Crippen molar-refractivity contribution in [1.29, 1.82) is 0 Å². The summed E-state index contributed by atoms with van der Waals surface area (Å²) in [7, 11) is 0. The van der Waals surface area contributed by atoms with Crippen molar-refractivity contribution < 1.29 is 0 Å². The van der Waals surface area contributed by atoms with E-state index in [2.05, 4.69) is 47.9 Å². The Morgan fingerprint density at radius 2 is 1.90 bits per heavy atom. The number of thiocarbonyl (C=S) groups is 1. The smallest absolute Gasteiger partial charge is 0.173 e. The third kappa shape index (κ3) is 3.22. The molecule has 0 aliphatic rings. The first-order chi connectivity index (χ1) is 9.49. The average Bonchev–Trinajstić information content (AvgIpc) is 2.37. The SMILES string of the molecule is CC(C)N(C(=S)Nc1ccc2ncncc2c1)C(C)C. The molecule has 106 valence electrons. The summed E-state index contributed by atoms with van der Waals surface area (Å²) < 4.78 is 0. The van der Waals surface area contributed by atoms with E-state index in [0.29, 0.717) is 12.1 Å². The first-order valence-corrected chi connectivity index (χ1v) is 7.19. The van der Waals surface area contributed by atoms with E-state index >= 15 is 0 Å². The van der Waals surface area contributed by atoms with Crippen LogP contribution < -0.4 is 5.32 Å². The Morgan fingerprint density at radius 3 is 2.55 bits per heavy atom. The molecule has 1 aromatic carbocycles. The van der Waals surface area contributed by atoms with Crippen molar-refractivity contribution in [3.63, 3.8) is 0 Å². The van der Waals surface area contributed by atoms with Crippen LogP contribution in [0.1, 0.15) is 27.7 Å². The van der Waals surface area contributed by atoms with Crippen molar-refractivity contribution in [1.82, 2.24) is 14.9 Å². The van der Waals surface area contributed by atoms with Crippen molar-refractivity contribution in [2.24, 2.45) is 0 Å². The summed E-state index contributed by atoms with van der Waals surface area (Å²) >= 11 is 5.52.